The summed E-state index contributed by atoms with van der Waals surface area (Å²) >= 11 is 0. The maximum Gasteiger partial charge on any atom is 0.225 e. The highest BCUT2D eigenvalue weighted by Crippen LogP contribution is 2.19. The summed E-state index contributed by atoms with van der Waals surface area (Å²) in [7, 11) is 0. The molecule has 1 fully saturated rings. The molecule has 3 heteroatoms. The van der Waals surface area contributed by atoms with Crippen molar-refractivity contribution < 1.29 is 4.79 Å². The number of hydrogen-bond donors (Lipinski definition) is 0. The molecule has 3 nitrogen and oxygen atoms in total. The number of nitrogens with zero attached hydrogens (tertiary/aromatic N) is 2. The molecule has 100 valence electrons. The molecule has 1 aliphatic heterocycles. The third kappa shape index (κ3) is 3.70. The monoisotopic (exact) mass is 240 g/mol. The minimum absolute atomic E-state index is 0.108. The molecule has 0 bridgehead atoms. The SMILES string of the molecule is CC(C)CN1CC(C)N(C(=O)C(C)C)C(C)C1. The first-order chi connectivity index (χ1) is 7.82. The molecule has 0 saturated carbocycles. The fraction of sp³-hybridized carbons (Fsp3) is 0.929. The molecule has 0 aromatic carbocycles. The summed E-state index contributed by atoms with van der Waals surface area (Å²) in [5.74, 6) is 1.10. The van der Waals surface area contributed by atoms with E-state index in [2.05, 4.69) is 37.5 Å². The van der Waals surface area contributed by atoms with Crippen molar-refractivity contribution in [1.29, 1.82) is 0 Å². The lowest BCUT2D eigenvalue weighted by Crippen LogP contribution is -2.59. The van der Waals surface area contributed by atoms with Crippen molar-refractivity contribution in [2.24, 2.45) is 11.8 Å². The minimum Gasteiger partial charge on any atom is -0.334 e. The van der Waals surface area contributed by atoms with Crippen molar-refractivity contribution in [2.75, 3.05) is 19.6 Å². The van der Waals surface area contributed by atoms with Gasteiger partial charge in [-0.3, -0.25) is 9.69 Å². The third-order valence-electron chi connectivity index (χ3n) is 3.37. The second-order valence-corrected chi connectivity index (χ2v) is 6.21. The van der Waals surface area contributed by atoms with E-state index >= 15 is 0 Å². The summed E-state index contributed by atoms with van der Waals surface area (Å²) < 4.78 is 0. The van der Waals surface area contributed by atoms with Gasteiger partial charge in [-0.25, -0.2) is 0 Å². The van der Waals surface area contributed by atoms with E-state index in [1.807, 2.05) is 13.8 Å². The van der Waals surface area contributed by atoms with Crippen LogP contribution >= 0.6 is 0 Å². The van der Waals surface area contributed by atoms with Crippen LogP contribution in [0.15, 0.2) is 0 Å². The lowest BCUT2D eigenvalue weighted by Gasteiger charge is -2.45. The molecule has 0 aliphatic carbocycles. The second kappa shape index (κ2) is 5.85. The Morgan fingerprint density at radius 3 is 1.94 bits per heavy atom. The zero-order valence-corrected chi connectivity index (χ0v) is 12.2. The average Bonchev–Trinajstić information content (AvgIpc) is 2.14. The van der Waals surface area contributed by atoms with Crippen molar-refractivity contribution in [2.45, 2.75) is 53.6 Å². The Morgan fingerprint density at radius 2 is 1.59 bits per heavy atom. The second-order valence-electron chi connectivity index (χ2n) is 6.21. The van der Waals surface area contributed by atoms with Gasteiger partial charge in [0.25, 0.3) is 0 Å². The van der Waals surface area contributed by atoms with Gasteiger partial charge in [0, 0.05) is 37.6 Å². The number of rotatable bonds is 3. The van der Waals surface area contributed by atoms with E-state index in [9.17, 15) is 4.79 Å². The molecular formula is C14H28N2O. The zero-order valence-electron chi connectivity index (χ0n) is 12.2. The van der Waals surface area contributed by atoms with Crippen molar-refractivity contribution in [3.8, 4) is 0 Å². The van der Waals surface area contributed by atoms with Crippen LogP contribution in [0.3, 0.4) is 0 Å². The Kier molecular flexibility index (Phi) is 4.99. The molecule has 1 aliphatic rings. The summed E-state index contributed by atoms with van der Waals surface area (Å²) in [6.07, 6.45) is 0. The van der Waals surface area contributed by atoms with Crippen LogP contribution in [0.2, 0.25) is 0 Å². The van der Waals surface area contributed by atoms with Gasteiger partial charge in [-0.05, 0) is 19.8 Å². The summed E-state index contributed by atoms with van der Waals surface area (Å²) in [5, 5.41) is 0. The van der Waals surface area contributed by atoms with Crippen LogP contribution in [0, 0.1) is 11.8 Å². The number of amides is 1. The summed E-state index contributed by atoms with van der Waals surface area (Å²) in [6.45, 7) is 16.0. The molecule has 1 amide bonds. The van der Waals surface area contributed by atoms with E-state index in [0.29, 0.717) is 23.9 Å². The van der Waals surface area contributed by atoms with E-state index in [0.717, 1.165) is 19.6 Å². The maximum absolute atomic E-state index is 12.2. The van der Waals surface area contributed by atoms with Crippen molar-refractivity contribution >= 4 is 5.91 Å². The molecule has 1 rings (SSSR count). The summed E-state index contributed by atoms with van der Waals surface area (Å²) in [4.78, 5) is 16.7. The lowest BCUT2D eigenvalue weighted by molar-refractivity contribution is -0.142. The molecular weight excluding hydrogens is 212 g/mol. The van der Waals surface area contributed by atoms with E-state index in [1.165, 1.54) is 0 Å². The van der Waals surface area contributed by atoms with Gasteiger partial charge in [0.15, 0.2) is 0 Å². The van der Waals surface area contributed by atoms with Crippen molar-refractivity contribution in [3.05, 3.63) is 0 Å². The predicted octanol–water partition coefficient (Wildman–Crippen LogP) is 2.22. The van der Waals surface area contributed by atoms with Gasteiger partial charge in [0.2, 0.25) is 5.91 Å². The molecule has 0 aromatic heterocycles. The van der Waals surface area contributed by atoms with Gasteiger partial charge >= 0.3 is 0 Å². The fourth-order valence-electron chi connectivity index (χ4n) is 2.83. The number of piperazine rings is 1. The molecule has 1 saturated heterocycles. The van der Waals surface area contributed by atoms with Crippen LogP contribution in [0.25, 0.3) is 0 Å². The highest BCUT2D eigenvalue weighted by molar-refractivity contribution is 5.78. The largest absolute Gasteiger partial charge is 0.334 e. The van der Waals surface area contributed by atoms with Gasteiger partial charge in [0.05, 0.1) is 0 Å². The Morgan fingerprint density at radius 1 is 1.12 bits per heavy atom. The van der Waals surface area contributed by atoms with E-state index < -0.39 is 0 Å². The van der Waals surface area contributed by atoms with Gasteiger partial charge in [-0.2, -0.15) is 0 Å². The Balaban J connectivity index is 2.65. The Hall–Kier alpha value is -0.570. The molecule has 1 heterocycles. The number of carbonyl (C=O) groups excluding carboxylic acids is 1. The number of carbonyl (C=O) groups is 1. The van der Waals surface area contributed by atoms with Gasteiger partial charge in [-0.1, -0.05) is 27.7 Å². The molecule has 2 atom stereocenters. The van der Waals surface area contributed by atoms with Crippen LogP contribution in [0.4, 0.5) is 0 Å². The quantitative estimate of drug-likeness (QED) is 0.755. The average molecular weight is 240 g/mol. The molecule has 2 unspecified atom stereocenters. The third-order valence-corrected chi connectivity index (χ3v) is 3.37. The first kappa shape index (κ1) is 14.5. The first-order valence-electron chi connectivity index (χ1n) is 6.87. The summed E-state index contributed by atoms with van der Waals surface area (Å²) in [6, 6.07) is 0.680. The smallest absolute Gasteiger partial charge is 0.225 e. The van der Waals surface area contributed by atoms with Crippen LogP contribution in [-0.4, -0.2) is 47.4 Å². The molecule has 0 spiro atoms. The highest BCUT2D eigenvalue weighted by atomic mass is 16.2. The molecule has 17 heavy (non-hydrogen) atoms. The summed E-state index contributed by atoms with van der Waals surface area (Å²) in [5.41, 5.74) is 0. The van der Waals surface area contributed by atoms with Gasteiger partial charge in [-0.15, -0.1) is 0 Å². The van der Waals surface area contributed by atoms with Gasteiger partial charge < -0.3 is 4.90 Å². The maximum atomic E-state index is 12.2. The molecule has 0 aromatic rings. The minimum atomic E-state index is 0.108. The number of hydrogen-bond acceptors (Lipinski definition) is 2. The van der Waals surface area contributed by atoms with E-state index in [4.69, 9.17) is 0 Å². The topological polar surface area (TPSA) is 23.6 Å². The van der Waals surface area contributed by atoms with Crippen molar-refractivity contribution in [1.82, 2.24) is 9.80 Å². The van der Waals surface area contributed by atoms with Crippen LogP contribution < -0.4 is 0 Å². The molecule has 0 N–H and O–H groups in total. The van der Waals surface area contributed by atoms with Crippen LogP contribution in [-0.2, 0) is 4.79 Å². The molecule has 0 radical (unpaired) electrons. The van der Waals surface area contributed by atoms with Gasteiger partial charge in [0.1, 0.15) is 0 Å². The van der Waals surface area contributed by atoms with E-state index in [-0.39, 0.29) is 5.92 Å². The predicted molar refractivity (Wildman–Crippen MR) is 71.9 cm³/mol. The highest BCUT2D eigenvalue weighted by Gasteiger charge is 2.33. The van der Waals surface area contributed by atoms with Crippen molar-refractivity contribution in [3.63, 3.8) is 0 Å². The van der Waals surface area contributed by atoms with Crippen LogP contribution in [0.5, 0.6) is 0 Å². The van der Waals surface area contributed by atoms with E-state index in [1.54, 1.807) is 0 Å². The first-order valence-corrected chi connectivity index (χ1v) is 6.87. The Labute approximate surface area is 106 Å². The fourth-order valence-corrected chi connectivity index (χ4v) is 2.83. The lowest BCUT2D eigenvalue weighted by atomic mass is 10.0. The van der Waals surface area contributed by atoms with Crippen LogP contribution in [0.1, 0.15) is 41.5 Å². The normalized spacial score (nSPS) is 26.9. The zero-order chi connectivity index (χ0) is 13.2. The standard InChI is InChI=1S/C14H28N2O/c1-10(2)7-15-8-12(5)16(13(6)9-15)14(17)11(3)4/h10-13H,7-9H2,1-6H3. The Bertz CT molecular complexity index is 251.